The Morgan fingerprint density at radius 1 is 1.16 bits per heavy atom. The van der Waals surface area contributed by atoms with Crippen LogP contribution in [0.25, 0.3) is 21.7 Å². The number of H-pyrrole nitrogens is 1. The van der Waals surface area contributed by atoms with Gasteiger partial charge < -0.3 is 9.55 Å². The first-order valence-corrected chi connectivity index (χ1v) is 11.8. The van der Waals surface area contributed by atoms with Crippen molar-refractivity contribution in [3.8, 4) is 10.7 Å². The number of nitrogens with one attached hydrogen (secondary N) is 2. The van der Waals surface area contributed by atoms with E-state index in [1.54, 1.807) is 18.0 Å². The van der Waals surface area contributed by atoms with Crippen molar-refractivity contribution in [1.82, 2.24) is 24.5 Å². The minimum absolute atomic E-state index is 0.179. The molecule has 0 fully saturated rings. The number of fused-ring (bicyclic) bond motifs is 1. The third-order valence-electron chi connectivity index (χ3n) is 5.00. The summed E-state index contributed by atoms with van der Waals surface area (Å²) in [6.45, 7) is 1.92. The zero-order valence-electron chi connectivity index (χ0n) is 17.5. The predicted molar refractivity (Wildman–Crippen MR) is 129 cm³/mol. The van der Waals surface area contributed by atoms with E-state index in [-0.39, 0.29) is 5.91 Å². The summed E-state index contributed by atoms with van der Waals surface area (Å²) in [7, 11) is 1.94. The van der Waals surface area contributed by atoms with Gasteiger partial charge in [-0.05, 0) is 36.8 Å². The molecule has 0 radical (unpaired) electrons. The molecule has 32 heavy (non-hydrogen) atoms. The molecule has 5 rings (SSSR count). The summed E-state index contributed by atoms with van der Waals surface area (Å²) in [6.07, 6.45) is 3.64. The number of aromatic nitrogens is 5. The van der Waals surface area contributed by atoms with Crippen LogP contribution in [0.5, 0.6) is 0 Å². The molecule has 0 spiro atoms. The topological polar surface area (TPSA) is 88.5 Å². The highest BCUT2D eigenvalue weighted by Gasteiger charge is 2.15. The van der Waals surface area contributed by atoms with E-state index < -0.39 is 0 Å². The smallest absolute Gasteiger partial charge is 0.257 e. The monoisotopic (exact) mass is 460 g/mol. The molecule has 0 aliphatic rings. The van der Waals surface area contributed by atoms with Crippen LogP contribution < -0.4 is 5.32 Å². The largest absolute Gasteiger partial charge is 0.333 e. The van der Waals surface area contributed by atoms with E-state index in [2.05, 4.69) is 25.3 Å². The molecule has 3 heterocycles. The van der Waals surface area contributed by atoms with Gasteiger partial charge >= 0.3 is 0 Å². The Bertz CT molecular complexity index is 1370. The number of hydrogen-bond donors (Lipinski definition) is 2. The standard InChI is InChI=1S/C23H20N6OS2/c1-14-19(20-24-11-12-29(20)2)32-23(25-14)28-21(30)16-9-7-15(8-10-16)13-31-22-26-17-5-3-4-6-18(17)27-22/h3-12H,13H2,1-2H3,(H,26,27)(H,25,28,30). The van der Waals surface area contributed by atoms with Crippen molar-refractivity contribution >= 4 is 45.2 Å². The van der Waals surface area contributed by atoms with Gasteiger partial charge in [0.15, 0.2) is 16.1 Å². The van der Waals surface area contributed by atoms with Gasteiger partial charge in [0, 0.05) is 30.8 Å². The van der Waals surface area contributed by atoms with Crippen LogP contribution in [0.1, 0.15) is 21.6 Å². The maximum Gasteiger partial charge on any atom is 0.257 e. The molecule has 0 bridgehead atoms. The lowest BCUT2D eigenvalue weighted by Crippen LogP contribution is -2.11. The molecule has 0 saturated carbocycles. The molecule has 0 aliphatic carbocycles. The van der Waals surface area contributed by atoms with Crippen LogP contribution in [0.15, 0.2) is 66.1 Å². The van der Waals surface area contributed by atoms with E-state index in [0.29, 0.717) is 10.7 Å². The van der Waals surface area contributed by atoms with Gasteiger partial charge in [-0.2, -0.15) is 0 Å². The van der Waals surface area contributed by atoms with Crippen LogP contribution in [0.3, 0.4) is 0 Å². The van der Waals surface area contributed by atoms with Crippen molar-refractivity contribution in [2.24, 2.45) is 7.05 Å². The third-order valence-corrected chi connectivity index (χ3v) is 7.01. The van der Waals surface area contributed by atoms with Crippen LogP contribution in [-0.4, -0.2) is 30.4 Å². The molecular formula is C23H20N6OS2. The van der Waals surface area contributed by atoms with E-state index in [1.165, 1.54) is 11.3 Å². The first kappa shape index (κ1) is 20.5. The van der Waals surface area contributed by atoms with Gasteiger partial charge in [0.05, 0.1) is 21.6 Å². The second-order valence-electron chi connectivity index (χ2n) is 7.29. The number of thiazole rings is 1. The molecular weight excluding hydrogens is 440 g/mol. The lowest BCUT2D eigenvalue weighted by Gasteiger charge is -2.04. The Balaban J connectivity index is 1.23. The molecule has 5 aromatic rings. The molecule has 2 aromatic carbocycles. The normalized spacial score (nSPS) is 11.2. The summed E-state index contributed by atoms with van der Waals surface area (Å²) in [5.41, 5.74) is 4.55. The fraction of sp³-hybridized carbons (Fsp3) is 0.130. The first-order valence-electron chi connectivity index (χ1n) is 10.00. The van der Waals surface area contributed by atoms with Crippen LogP contribution in [0, 0.1) is 6.92 Å². The van der Waals surface area contributed by atoms with Gasteiger partial charge in [0.2, 0.25) is 0 Å². The SMILES string of the molecule is Cc1nc(NC(=O)c2ccc(CSc3nc4ccccc4[nH]3)cc2)sc1-c1nccn1C. The number of para-hydroxylation sites is 2. The molecule has 0 unspecified atom stereocenters. The number of imidazole rings is 2. The molecule has 0 atom stereocenters. The second-order valence-corrected chi connectivity index (χ2v) is 9.26. The van der Waals surface area contributed by atoms with Crippen LogP contribution >= 0.6 is 23.1 Å². The number of hydrogen-bond acceptors (Lipinski definition) is 6. The summed E-state index contributed by atoms with van der Waals surface area (Å²) in [4.78, 5) is 30.4. The van der Waals surface area contributed by atoms with E-state index in [9.17, 15) is 4.79 Å². The second kappa shape index (κ2) is 8.60. The minimum Gasteiger partial charge on any atom is -0.333 e. The molecule has 9 heteroatoms. The van der Waals surface area contributed by atoms with Gasteiger partial charge in [-0.1, -0.05) is 47.4 Å². The summed E-state index contributed by atoms with van der Waals surface area (Å²) in [5, 5.41) is 4.35. The van der Waals surface area contributed by atoms with Crippen molar-refractivity contribution in [3.63, 3.8) is 0 Å². The van der Waals surface area contributed by atoms with Gasteiger partial charge in [-0.15, -0.1) is 0 Å². The molecule has 3 aromatic heterocycles. The van der Waals surface area contributed by atoms with Crippen molar-refractivity contribution in [2.45, 2.75) is 17.8 Å². The van der Waals surface area contributed by atoms with Crippen molar-refractivity contribution in [3.05, 3.63) is 77.7 Å². The number of thioether (sulfide) groups is 1. The maximum atomic E-state index is 12.7. The number of rotatable bonds is 6. The average molecular weight is 461 g/mol. The van der Waals surface area contributed by atoms with Gasteiger partial charge in [0.1, 0.15) is 0 Å². The minimum atomic E-state index is -0.179. The van der Waals surface area contributed by atoms with Crippen molar-refractivity contribution < 1.29 is 4.79 Å². The van der Waals surface area contributed by atoms with Crippen LogP contribution in [0.2, 0.25) is 0 Å². The molecule has 0 aliphatic heterocycles. The van der Waals surface area contributed by atoms with E-state index in [1.807, 2.05) is 73.3 Å². The van der Waals surface area contributed by atoms with Crippen LogP contribution in [0.4, 0.5) is 5.13 Å². The Labute approximate surface area is 193 Å². The highest BCUT2D eigenvalue weighted by Crippen LogP contribution is 2.31. The van der Waals surface area contributed by atoms with Crippen molar-refractivity contribution in [1.29, 1.82) is 0 Å². The summed E-state index contributed by atoms with van der Waals surface area (Å²) in [6, 6.07) is 15.6. The highest BCUT2D eigenvalue weighted by molar-refractivity contribution is 7.98. The molecule has 1 amide bonds. The lowest BCUT2D eigenvalue weighted by molar-refractivity contribution is 0.102. The van der Waals surface area contributed by atoms with Gasteiger partial charge in [0.25, 0.3) is 5.91 Å². The number of aryl methyl sites for hydroxylation is 2. The quantitative estimate of drug-likeness (QED) is 0.337. The molecule has 2 N–H and O–H groups in total. The van der Waals surface area contributed by atoms with Gasteiger partial charge in [-0.3, -0.25) is 10.1 Å². The Morgan fingerprint density at radius 2 is 1.97 bits per heavy atom. The predicted octanol–water partition coefficient (Wildman–Crippen LogP) is 5.27. The average Bonchev–Trinajstić information content (AvgIpc) is 3.50. The third kappa shape index (κ3) is 4.17. The molecule has 7 nitrogen and oxygen atoms in total. The number of amides is 1. The van der Waals surface area contributed by atoms with E-state index >= 15 is 0 Å². The van der Waals surface area contributed by atoms with Crippen molar-refractivity contribution in [2.75, 3.05) is 5.32 Å². The number of benzene rings is 2. The summed E-state index contributed by atoms with van der Waals surface area (Å²) in [5.74, 6) is 1.42. The fourth-order valence-electron chi connectivity index (χ4n) is 3.31. The van der Waals surface area contributed by atoms with E-state index in [4.69, 9.17) is 0 Å². The maximum absolute atomic E-state index is 12.7. The number of carbonyl (C=O) groups is 1. The molecule has 160 valence electrons. The summed E-state index contributed by atoms with van der Waals surface area (Å²) < 4.78 is 1.94. The first-order chi connectivity index (χ1) is 15.6. The zero-order valence-corrected chi connectivity index (χ0v) is 19.1. The number of nitrogens with zero attached hydrogens (tertiary/aromatic N) is 4. The fourth-order valence-corrected chi connectivity index (χ4v) is 5.15. The Kier molecular flexibility index (Phi) is 5.50. The summed E-state index contributed by atoms with van der Waals surface area (Å²) >= 11 is 3.06. The number of carbonyl (C=O) groups excluding carboxylic acids is 1. The van der Waals surface area contributed by atoms with Gasteiger partial charge in [-0.25, -0.2) is 15.0 Å². The van der Waals surface area contributed by atoms with Crippen LogP contribution in [-0.2, 0) is 12.8 Å². The highest BCUT2D eigenvalue weighted by atomic mass is 32.2. The van der Waals surface area contributed by atoms with E-state index in [0.717, 1.165) is 43.9 Å². The Morgan fingerprint density at radius 3 is 2.72 bits per heavy atom. The molecule has 0 saturated heterocycles. The number of aromatic amines is 1. The lowest BCUT2D eigenvalue weighted by atomic mass is 10.1. The number of anilines is 1. The zero-order chi connectivity index (χ0) is 22.1. The Hall–Kier alpha value is -3.43.